The maximum atomic E-state index is 2.64. The van der Waals surface area contributed by atoms with E-state index in [1.807, 2.05) is 13.8 Å². The minimum atomic E-state index is 0.735. The molecule has 0 aromatic rings. The Morgan fingerprint density at radius 2 is 1.80 bits per heavy atom. The first-order valence-corrected chi connectivity index (χ1v) is 6.63. The van der Waals surface area contributed by atoms with Gasteiger partial charge in [0.2, 0.25) is 0 Å². The van der Waals surface area contributed by atoms with Crippen LogP contribution in [0.4, 0.5) is 0 Å². The van der Waals surface area contributed by atoms with Gasteiger partial charge < -0.3 is 4.90 Å². The molecule has 0 radical (unpaired) electrons. The summed E-state index contributed by atoms with van der Waals surface area (Å²) in [5, 5.41) is 0. The van der Waals surface area contributed by atoms with Crippen molar-refractivity contribution in [1.82, 2.24) is 9.80 Å². The molecule has 2 fully saturated rings. The fourth-order valence-electron chi connectivity index (χ4n) is 2.86. The maximum Gasteiger partial charge on any atom is 0.0260 e. The minimum Gasteiger partial charge on any atom is -0.302 e. The predicted molar refractivity (Wildman–Crippen MR) is 67.2 cm³/mol. The molecule has 0 spiro atoms. The van der Waals surface area contributed by atoms with Crippen molar-refractivity contribution >= 4 is 0 Å². The highest BCUT2D eigenvalue weighted by molar-refractivity contribution is 4.93. The fraction of sp³-hybridized carbons (Fsp3) is 1.00. The Labute approximate surface area is 95.6 Å². The zero-order valence-corrected chi connectivity index (χ0v) is 11.2. The molecule has 0 N–H and O–H groups in total. The molecule has 2 unspecified atom stereocenters. The molecule has 0 aromatic carbocycles. The number of likely N-dealkylation sites (N-methyl/N-ethyl adjacent to an activating group) is 1. The first-order chi connectivity index (χ1) is 7.18. The Kier molecular flexibility index (Phi) is 5.07. The SMILES string of the molecule is CC.CC(C)N1CC2CCCN(C)C2C1. The van der Waals surface area contributed by atoms with Crippen molar-refractivity contribution in [2.45, 2.75) is 52.6 Å². The molecule has 2 saturated heterocycles. The van der Waals surface area contributed by atoms with Crippen molar-refractivity contribution in [3.05, 3.63) is 0 Å². The third-order valence-corrected chi connectivity index (χ3v) is 3.82. The Morgan fingerprint density at radius 1 is 1.13 bits per heavy atom. The highest BCUT2D eigenvalue weighted by Crippen LogP contribution is 2.30. The van der Waals surface area contributed by atoms with Crippen molar-refractivity contribution in [2.75, 3.05) is 26.7 Å². The van der Waals surface area contributed by atoms with Gasteiger partial charge in [-0.25, -0.2) is 0 Å². The van der Waals surface area contributed by atoms with Crippen LogP contribution in [-0.4, -0.2) is 48.6 Å². The molecule has 2 nitrogen and oxygen atoms in total. The van der Waals surface area contributed by atoms with Gasteiger partial charge in [0.15, 0.2) is 0 Å². The number of likely N-dealkylation sites (tertiary alicyclic amines) is 2. The molecular weight excluding hydrogens is 184 g/mol. The number of rotatable bonds is 1. The van der Waals surface area contributed by atoms with Crippen LogP contribution >= 0.6 is 0 Å². The van der Waals surface area contributed by atoms with E-state index in [0.717, 1.165) is 18.0 Å². The van der Waals surface area contributed by atoms with Crippen LogP contribution in [0.15, 0.2) is 0 Å². The zero-order valence-electron chi connectivity index (χ0n) is 11.2. The minimum absolute atomic E-state index is 0.735. The van der Waals surface area contributed by atoms with Crippen LogP contribution in [0.2, 0.25) is 0 Å². The Balaban J connectivity index is 0.000000531. The van der Waals surface area contributed by atoms with Gasteiger partial charge in [-0.2, -0.15) is 0 Å². The summed E-state index contributed by atoms with van der Waals surface area (Å²) in [6, 6.07) is 1.59. The van der Waals surface area contributed by atoms with E-state index in [1.54, 1.807) is 0 Å². The van der Waals surface area contributed by atoms with Gasteiger partial charge in [0.05, 0.1) is 0 Å². The van der Waals surface area contributed by atoms with Crippen molar-refractivity contribution in [3.8, 4) is 0 Å². The highest BCUT2D eigenvalue weighted by Gasteiger charge is 2.37. The summed E-state index contributed by atoms with van der Waals surface area (Å²) in [7, 11) is 2.29. The number of hydrogen-bond donors (Lipinski definition) is 0. The van der Waals surface area contributed by atoms with Gasteiger partial charge in [-0.1, -0.05) is 13.8 Å². The first-order valence-electron chi connectivity index (χ1n) is 6.63. The maximum absolute atomic E-state index is 2.64. The standard InChI is InChI=1S/C11H22N2.C2H6/c1-9(2)13-7-10-5-4-6-12(3)11(10)8-13;1-2/h9-11H,4-8H2,1-3H3;1-2H3. The van der Waals surface area contributed by atoms with Gasteiger partial charge in [-0.15, -0.1) is 0 Å². The number of hydrogen-bond acceptors (Lipinski definition) is 2. The van der Waals surface area contributed by atoms with Gasteiger partial charge in [-0.3, -0.25) is 4.90 Å². The summed E-state index contributed by atoms with van der Waals surface area (Å²) >= 11 is 0. The summed E-state index contributed by atoms with van der Waals surface area (Å²) < 4.78 is 0. The summed E-state index contributed by atoms with van der Waals surface area (Å²) in [6.07, 6.45) is 2.86. The summed E-state index contributed by atoms with van der Waals surface area (Å²) in [6.45, 7) is 12.6. The molecule has 2 heterocycles. The van der Waals surface area contributed by atoms with Crippen LogP contribution in [-0.2, 0) is 0 Å². The van der Waals surface area contributed by atoms with E-state index in [-0.39, 0.29) is 0 Å². The van der Waals surface area contributed by atoms with Crippen molar-refractivity contribution in [3.63, 3.8) is 0 Å². The molecule has 2 aliphatic rings. The lowest BCUT2D eigenvalue weighted by atomic mass is 9.93. The van der Waals surface area contributed by atoms with Crippen molar-refractivity contribution in [1.29, 1.82) is 0 Å². The second-order valence-corrected chi connectivity index (χ2v) is 5.00. The lowest BCUT2D eigenvalue weighted by Crippen LogP contribution is -2.42. The van der Waals surface area contributed by atoms with Gasteiger partial charge in [-0.05, 0) is 46.2 Å². The molecule has 0 saturated carbocycles. The highest BCUT2D eigenvalue weighted by atomic mass is 15.3. The van der Waals surface area contributed by atoms with E-state index in [2.05, 4.69) is 30.7 Å². The molecule has 2 atom stereocenters. The van der Waals surface area contributed by atoms with E-state index in [4.69, 9.17) is 0 Å². The summed E-state index contributed by atoms with van der Waals surface area (Å²) in [5.41, 5.74) is 0. The van der Waals surface area contributed by atoms with Crippen LogP contribution < -0.4 is 0 Å². The Hall–Kier alpha value is -0.0800. The van der Waals surface area contributed by atoms with Crippen LogP contribution in [0.3, 0.4) is 0 Å². The Morgan fingerprint density at radius 3 is 2.33 bits per heavy atom. The monoisotopic (exact) mass is 212 g/mol. The lowest BCUT2D eigenvalue weighted by molar-refractivity contribution is 0.155. The van der Waals surface area contributed by atoms with Crippen LogP contribution in [0.25, 0.3) is 0 Å². The average molecular weight is 212 g/mol. The largest absolute Gasteiger partial charge is 0.302 e. The van der Waals surface area contributed by atoms with E-state index >= 15 is 0 Å². The van der Waals surface area contributed by atoms with Gasteiger partial charge >= 0.3 is 0 Å². The summed E-state index contributed by atoms with van der Waals surface area (Å²) in [4.78, 5) is 5.20. The van der Waals surface area contributed by atoms with Gasteiger partial charge in [0.1, 0.15) is 0 Å². The van der Waals surface area contributed by atoms with E-state index < -0.39 is 0 Å². The fourth-order valence-corrected chi connectivity index (χ4v) is 2.86. The smallest absolute Gasteiger partial charge is 0.0260 e. The number of nitrogens with zero attached hydrogens (tertiary/aromatic N) is 2. The van der Waals surface area contributed by atoms with E-state index in [9.17, 15) is 0 Å². The van der Waals surface area contributed by atoms with Crippen LogP contribution in [0, 0.1) is 5.92 Å². The second-order valence-electron chi connectivity index (χ2n) is 5.00. The molecule has 0 aliphatic carbocycles. The van der Waals surface area contributed by atoms with E-state index in [1.165, 1.54) is 32.5 Å². The second kappa shape index (κ2) is 5.86. The number of piperidine rings is 1. The topological polar surface area (TPSA) is 6.48 Å². The molecule has 0 amide bonds. The third kappa shape index (κ3) is 2.94. The molecule has 0 aromatic heterocycles. The lowest BCUT2D eigenvalue weighted by Gasteiger charge is -2.33. The van der Waals surface area contributed by atoms with Crippen LogP contribution in [0.5, 0.6) is 0 Å². The van der Waals surface area contributed by atoms with Crippen molar-refractivity contribution < 1.29 is 0 Å². The molecule has 0 bridgehead atoms. The van der Waals surface area contributed by atoms with Crippen molar-refractivity contribution in [2.24, 2.45) is 5.92 Å². The van der Waals surface area contributed by atoms with Crippen LogP contribution in [0.1, 0.15) is 40.5 Å². The van der Waals surface area contributed by atoms with Gasteiger partial charge in [0.25, 0.3) is 0 Å². The quantitative estimate of drug-likeness (QED) is 0.659. The Bertz CT molecular complexity index is 179. The summed E-state index contributed by atoms with van der Waals surface area (Å²) in [5.74, 6) is 0.959. The number of fused-ring (bicyclic) bond motifs is 1. The normalized spacial score (nSPS) is 32.4. The average Bonchev–Trinajstić information content (AvgIpc) is 2.66. The third-order valence-electron chi connectivity index (χ3n) is 3.82. The van der Waals surface area contributed by atoms with Gasteiger partial charge in [0, 0.05) is 25.2 Å². The first kappa shape index (κ1) is 13.0. The molecular formula is C13H28N2. The molecule has 90 valence electrons. The zero-order chi connectivity index (χ0) is 11.4. The predicted octanol–water partition coefficient (Wildman–Crippen LogP) is 2.45. The molecule has 2 rings (SSSR count). The molecule has 2 aliphatic heterocycles. The molecule has 15 heavy (non-hydrogen) atoms. The van der Waals surface area contributed by atoms with E-state index in [0.29, 0.717) is 0 Å². The molecule has 2 heteroatoms.